The molecule has 9 nitrogen and oxygen atoms in total. The molecule has 0 aliphatic carbocycles. The van der Waals surface area contributed by atoms with E-state index in [0.29, 0.717) is 5.92 Å². The second kappa shape index (κ2) is 9.55. The molecule has 0 unspecified atom stereocenters. The molecule has 0 radical (unpaired) electrons. The highest BCUT2D eigenvalue weighted by molar-refractivity contribution is 5.97. The number of hydrogen-bond donors (Lipinski definition) is 0. The molecule has 1 fully saturated rings. The number of carbonyl (C=O) groups is 1. The molecular weight excluding hydrogens is 490 g/mol. The van der Waals surface area contributed by atoms with Gasteiger partial charge in [-0.1, -0.05) is 0 Å². The molecule has 1 aromatic carbocycles. The van der Waals surface area contributed by atoms with Crippen LogP contribution in [0.3, 0.4) is 0 Å². The van der Waals surface area contributed by atoms with E-state index in [1.807, 2.05) is 50.6 Å². The molecule has 3 aromatic heterocycles. The summed E-state index contributed by atoms with van der Waals surface area (Å²) < 4.78 is 3.57. The van der Waals surface area contributed by atoms with Crippen molar-refractivity contribution in [2.45, 2.75) is 32.6 Å². The van der Waals surface area contributed by atoms with Gasteiger partial charge >= 0.3 is 0 Å². The van der Waals surface area contributed by atoms with E-state index in [-0.39, 0.29) is 11.5 Å². The Hall–Kier alpha value is -4.14. The molecule has 5 heterocycles. The second-order valence-corrected chi connectivity index (χ2v) is 11.0. The van der Waals surface area contributed by atoms with Crippen LogP contribution in [-0.2, 0) is 18.9 Å². The topological polar surface area (TPSA) is 79.5 Å². The van der Waals surface area contributed by atoms with Crippen LogP contribution in [0.5, 0.6) is 0 Å². The summed E-state index contributed by atoms with van der Waals surface area (Å²) in [5.74, 6) is 0.468. The number of hydrogen-bond acceptors (Lipinski definition) is 6. The van der Waals surface area contributed by atoms with Crippen LogP contribution in [0.4, 0.5) is 17.1 Å². The minimum Gasteiger partial charge on any atom is -0.371 e. The van der Waals surface area contributed by atoms with Gasteiger partial charge in [-0.3, -0.25) is 19.3 Å². The zero-order valence-corrected chi connectivity index (χ0v) is 23.3. The molecular formula is C30H35N7O2. The van der Waals surface area contributed by atoms with Crippen LogP contribution >= 0.6 is 0 Å². The normalized spacial score (nSPS) is 16.2. The minimum absolute atomic E-state index is 0.0264. The number of aromatic nitrogens is 4. The quantitative estimate of drug-likeness (QED) is 0.403. The summed E-state index contributed by atoms with van der Waals surface area (Å²) in [6.45, 7) is 6.72. The highest BCUT2D eigenvalue weighted by Crippen LogP contribution is 2.43. The fourth-order valence-electron chi connectivity index (χ4n) is 6.11. The number of nitrogens with zero attached hydrogens (tertiary/aromatic N) is 7. The van der Waals surface area contributed by atoms with E-state index in [4.69, 9.17) is 4.98 Å². The summed E-state index contributed by atoms with van der Waals surface area (Å²) in [6.07, 6.45) is 7.62. The lowest BCUT2D eigenvalue weighted by atomic mass is 9.88. The van der Waals surface area contributed by atoms with Crippen LogP contribution in [0.1, 0.15) is 36.8 Å². The van der Waals surface area contributed by atoms with Crippen molar-refractivity contribution < 1.29 is 4.79 Å². The van der Waals surface area contributed by atoms with Gasteiger partial charge in [0, 0.05) is 77.0 Å². The summed E-state index contributed by atoms with van der Waals surface area (Å²) in [5.41, 5.74) is 8.06. The predicted octanol–water partition coefficient (Wildman–Crippen LogP) is 3.96. The number of aryl methyl sites for hydroxylation is 3. The van der Waals surface area contributed by atoms with Crippen LogP contribution in [0.15, 0.2) is 47.7 Å². The van der Waals surface area contributed by atoms with Crippen molar-refractivity contribution in [2.75, 3.05) is 43.0 Å². The zero-order chi connectivity index (χ0) is 27.4. The van der Waals surface area contributed by atoms with Crippen molar-refractivity contribution >= 4 is 33.9 Å². The first-order chi connectivity index (χ1) is 18.7. The molecule has 0 bridgehead atoms. The molecule has 2 aliphatic heterocycles. The molecule has 39 heavy (non-hydrogen) atoms. The Labute approximate surface area is 228 Å². The third-order valence-electron chi connectivity index (χ3n) is 8.45. The molecule has 0 N–H and O–H groups in total. The van der Waals surface area contributed by atoms with Crippen LogP contribution in [0.25, 0.3) is 22.2 Å². The Balaban J connectivity index is 1.49. The maximum absolute atomic E-state index is 13.0. The lowest BCUT2D eigenvalue weighted by molar-refractivity contribution is -0.129. The Morgan fingerprint density at radius 3 is 2.38 bits per heavy atom. The van der Waals surface area contributed by atoms with Crippen LogP contribution in [0.2, 0.25) is 0 Å². The van der Waals surface area contributed by atoms with Gasteiger partial charge in [-0.05, 0) is 55.5 Å². The minimum atomic E-state index is 0.0264. The van der Waals surface area contributed by atoms with E-state index in [0.717, 1.165) is 83.8 Å². The molecule has 6 rings (SSSR count). The Morgan fingerprint density at radius 2 is 1.69 bits per heavy atom. The first-order valence-electron chi connectivity index (χ1n) is 13.6. The van der Waals surface area contributed by atoms with Crippen molar-refractivity contribution in [3.8, 4) is 11.3 Å². The number of anilines is 3. The van der Waals surface area contributed by atoms with Crippen LogP contribution in [-0.4, -0.2) is 63.4 Å². The summed E-state index contributed by atoms with van der Waals surface area (Å²) >= 11 is 0. The van der Waals surface area contributed by atoms with E-state index in [1.54, 1.807) is 16.2 Å². The molecule has 1 amide bonds. The molecule has 202 valence electrons. The van der Waals surface area contributed by atoms with Gasteiger partial charge in [0.05, 0.1) is 40.7 Å². The van der Waals surface area contributed by atoms with E-state index < -0.39 is 0 Å². The number of likely N-dealkylation sites (N-methyl/N-ethyl adjacent to an activating group) is 1. The largest absolute Gasteiger partial charge is 0.371 e. The first-order valence-corrected chi connectivity index (χ1v) is 13.6. The average Bonchev–Trinajstić information content (AvgIpc) is 3.38. The maximum Gasteiger partial charge on any atom is 0.253 e. The molecule has 1 saturated heterocycles. The molecule has 0 atom stereocenters. The lowest BCUT2D eigenvalue weighted by Gasteiger charge is -2.38. The number of likely N-dealkylation sites (tertiary alicyclic amines) is 1. The molecule has 0 spiro atoms. The van der Waals surface area contributed by atoms with E-state index in [1.165, 1.54) is 5.56 Å². The lowest BCUT2D eigenvalue weighted by Crippen LogP contribution is -2.37. The smallest absolute Gasteiger partial charge is 0.253 e. The summed E-state index contributed by atoms with van der Waals surface area (Å²) in [4.78, 5) is 36.3. The van der Waals surface area contributed by atoms with Gasteiger partial charge in [0.15, 0.2) is 0 Å². The number of amides is 1. The molecule has 0 saturated carbocycles. The molecule has 2 aliphatic rings. The fourth-order valence-corrected chi connectivity index (χ4v) is 6.11. The van der Waals surface area contributed by atoms with E-state index in [9.17, 15) is 9.59 Å². The fraction of sp³-hybridized carbons (Fsp3) is 0.400. The number of carbonyl (C=O) groups excluding carboxylic acids is 1. The molecule has 9 heteroatoms. The number of fused-ring (bicyclic) bond motifs is 2. The van der Waals surface area contributed by atoms with Crippen LogP contribution < -0.4 is 15.4 Å². The van der Waals surface area contributed by atoms with Crippen molar-refractivity contribution in [3.05, 3.63) is 64.3 Å². The second-order valence-electron chi connectivity index (χ2n) is 11.0. The van der Waals surface area contributed by atoms with Gasteiger partial charge in [-0.2, -0.15) is 5.10 Å². The number of benzene rings is 1. The Kier molecular flexibility index (Phi) is 6.16. The third-order valence-corrected chi connectivity index (χ3v) is 8.45. The summed E-state index contributed by atoms with van der Waals surface area (Å²) in [7, 11) is 5.89. The van der Waals surface area contributed by atoms with Gasteiger partial charge in [-0.15, -0.1) is 0 Å². The van der Waals surface area contributed by atoms with Crippen molar-refractivity contribution in [1.82, 2.24) is 24.2 Å². The number of piperidine rings is 1. The average molecular weight is 526 g/mol. The monoisotopic (exact) mass is 525 g/mol. The van der Waals surface area contributed by atoms with Crippen molar-refractivity contribution in [3.63, 3.8) is 0 Å². The summed E-state index contributed by atoms with van der Waals surface area (Å²) in [6, 6.07) is 8.67. The zero-order valence-electron chi connectivity index (χ0n) is 23.3. The number of pyridine rings is 2. The highest BCUT2D eigenvalue weighted by atomic mass is 16.2. The predicted molar refractivity (Wildman–Crippen MR) is 155 cm³/mol. The van der Waals surface area contributed by atoms with Gasteiger partial charge in [-0.25, -0.2) is 0 Å². The first kappa shape index (κ1) is 25.2. The van der Waals surface area contributed by atoms with Gasteiger partial charge < -0.3 is 19.3 Å². The highest BCUT2D eigenvalue weighted by Gasteiger charge is 2.28. The summed E-state index contributed by atoms with van der Waals surface area (Å²) in [5, 5.41) is 5.38. The van der Waals surface area contributed by atoms with Gasteiger partial charge in [0.2, 0.25) is 5.91 Å². The van der Waals surface area contributed by atoms with Gasteiger partial charge in [0.1, 0.15) is 0 Å². The molecule has 4 aromatic rings. The van der Waals surface area contributed by atoms with Crippen molar-refractivity contribution in [2.24, 2.45) is 14.1 Å². The Bertz CT molecular complexity index is 1650. The van der Waals surface area contributed by atoms with Crippen LogP contribution in [0, 0.1) is 6.92 Å². The van der Waals surface area contributed by atoms with E-state index in [2.05, 4.69) is 40.1 Å². The standard InChI is InChI=1S/C30H35N7O2/c1-19-12-24-26(35(5)30(19)39)13-22(21-6-8-36(9-7-21)20(2)38)14-27(24)37-11-10-33(3)28-15-25(31-17-29(28)37)23-16-32-34(4)18-23/h12-18,21H,6-11H2,1-5H3. The maximum atomic E-state index is 13.0. The van der Waals surface area contributed by atoms with Crippen molar-refractivity contribution in [1.29, 1.82) is 0 Å². The number of rotatable bonds is 3. The Morgan fingerprint density at radius 1 is 0.923 bits per heavy atom. The third kappa shape index (κ3) is 4.35. The SMILES string of the molecule is CC(=O)N1CCC(c2cc(N3CCN(C)c4cc(-c5cnn(C)c5)ncc43)c3cc(C)c(=O)n(C)c3c2)CC1. The van der Waals surface area contributed by atoms with E-state index >= 15 is 0 Å². The van der Waals surface area contributed by atoms with Gasteiger partial charge in [0.25, 0.3) is 5.56 Å².